The number of aromatic nitrogens is 1. The Hall–Kier alpha value is -2.67. The summed E-state index contributed by atoms with van der Waals surface area (Å²) in [6, 6.07) is 13.7. The molecule has 0 aliphatic rings. The third kappa shape index (κ3) is 3.35. The van der Waals surface area contributed by atoms with Crippen LogP contribution >= 0.6 is 0 Å². The molecule has 3 aromatic rings. The summed E-state index contributed by atoms with van der Waals surface area (Å²) >= 11 is 0. The molecule has 1 aromatic heterocycles. The van der Waals surface area contributed by atoms with Gasteiger partial charge in [0.2, 0.25) is 0 Å². The van der Waals surface area contributed by atoms with Crippen LogP contribution in [0.15, 0.2) is 59.6 Å². The number of hydrogen-bond donors (Lipinski definition) is 1. The van der Waals surface area contributed by atoms with E-state index in [1.165, 1.54) is 10.2 Å². The molecule has 0 aliphatic carbocycles. The average molecular weight is 374 g/mol. The molecule has 2 aromatic carbocycles. The molecule has 26 heavy (non-hydrogen) atoms. The molecule has 0 radical (unpaired) electrons. The van der Waals surface area contributed by atoms with Gasteiger partial charge < -0.3 is 0 Å². The molecule has 0 spiro atoms. The van der Waals surface area contributed by atoms with Crippen molar-refractivity contribution in [2.45, 2.75) is 25.2 Å². The molecular formula is C19H19FN2O3S. The largest absolute Gasteiger partial charge is 0.272 e. The van der Waals surface area contributed by atoms with Gasteiger partial charge in [-0.05, 0) is 49.2 Å². The van der Waals surface area contributed by atoms with Crippen LogP contribution in [0.2, 0.25) is 0 Å². The number of benzene rings is 2. The van der Waals surface area contributed by atoms with E-state index in [9.17, 15) is 17.7 Å². The third-order valence-electron chi connectivity index (χ3n) is 4.38. The Labute approximate surface area is 151 Å². The van der Waals surface area contributed by atoms with Gasteiger partial charge >= 0.3 is 0 Å². The third-order valence-corrected chi connectivity index (χ3v) is 6.08. The predicted octanol–water partition coefficient (Wildman–Crippen LogP) is 3.37. The first-order chi connectivity index (χ1) is 12.3. The Kier molecular flexibility index (Phi) is 4.82. The molecule has 3 rings (SSSR count). The van der Waals surface area contributed by atoms with Crippen molar-refractivity contribution in [3.05, 3.63) is 65.9 Å². The number of hydrogen-bond acceptors (Lipinski definition) is 3. The first kappa shape index (κ1) is 18.1. The van der Waals surface area contributed by atoms with Gasteiger partial charge in [0, 0.05) is 17.5 Å². The van der Waals surface area contributed by atoms with E-state index in [1.54, 1.807) is 49.4 Å². The van der Waals surface area contributed by atoms with Crippen LogP contribution in [0, 0.1) is 12.8 Å². The van der Waals surface area contributed by atoms with Gasteiger partial charge in [-0.1, -0.05) is 30.7 Å². The van der Waals surface area contributed by atoms with Crippen molar-refractivity contribution in [1.29, 1.82) is 0 Å². The molecule has 0 bridgehead atoms. The highest BCUT2D eigenvalue weighted by Crippen LogP contribution is 2.24. The quantitative estimate of drug-likeness (QED) is 0.696. The van der Waals surface area contributed by atoms with Crippen LogP contribution in [-0.2, 0) is 21.2 Å². The van der Waals surface area contributed by atoms with Crippen molar-refractivity contribution in [3.63, 3.8) is 0 Å². The molecule has 0 unspecified atom stereocenters. The van der Waals surface area contributed by atoms with Crippen molar-refractivity contribution in [2.75, 3.05) is 0 Å². The number of nitrogens with one attached hydrogen (secondary N) is 1. The lowest BCUT2D eigenvalue weighted by Crippen LogP contribution is -2.23. The van der Waals surface area contributed by atoms with Gasteiger partial charge in [0.05, 0.1) is 10.4 Å². The molecule has 5 nitrogen and oxygen atoms in total. The van der Waals surface area contributed by atoms with Crippen molar-refractivity contribution in [1.82, 2.24) is 9.51 Å². The van der Waals surface area contributed by atoms with Crippen LogP contribution in [0.4, 0.5) is 4.48 Å². The molecule has 136 valence electrons. The van der Waals surface area contributed by atoms with Gasteiger partial charge in [-0.25, -0.2) is 12.4 Å². The van der Waals surface area contributed by atoms with E-state index in [0.717, 1.165) is 22.1 Å². The van der Waals surface area contributed by atoms with E-state index in [4.69, 9.17) is 0 Å². The molecular weight excluding hydrogens is 355 g/mol. The standard InChI is InChI=1S/C19H19FN2O3S/c1-13-3-6-17(7-4-13)26(24,25)22-10-9-16-12-15(5-8-18(16)22)11-14(2)19(23)21-20/h3-10,12,14H,11H2,1-2H3,(H,21,23)/t14-/m0/s1. The fourth-order valence-corrected chi connectivity index (χ4v) is 4.22. The molecule has 1 amide bonds. The van der Waals surface area contributed by atoms with Gasteiger partial charge in [0.1, 0.15) is 0 Å². The Bertz CT molecular complexity index is 1060. The van der Waals surface area contributed by atoms with Crippen molar-refractivity contribution in [2.24, 2.45) is 5.92 Å². The second-order valence-electron chi connectivity index (χ2n) is 6.39. The fraction of sp³-hybridized carbons (Fsp3) is 0.211. The van der Waals surface area contributed by atoms with Gasteiger partial charge in [0.25, 0.3) is 15.9 Å². The molecule has 0 aliphatic heterocycles. The minimum atomic E-state index is -3.69. The molecule has 1 atom stereocenters. The highest BCUT2D eigenvalue weighted by Gasteiger charge is 2.19. The minimum Gasteiger partial charge on any atom is -0.272 e. The number of fused-ring (bicyclic) bond motifs is 1. The summed E-state index contributed by atoms with van der Waals surface area (Å²) in [5.41, 5.74) is 3.51. The summed E-state index contributed by atoms with van der Waals surface area (Å²) in [6.07, 6.45) is 1.88. The maximum Gasteiger partial charge on any atom is 0.268 e. The second kappa shape index (κ2) is 6.92. The SMILES string of the molecule is Cc1ccc(S(=O)(=O)n2ccc3cc(C[C@H](C)C(=O)NF)ccc32)cc1. The number of halogens is 1. The first-order valence-corrected chi connectivity index (χ1v) is 9.59. The van der Waals surface area contributed by atoms with Crippen molar-refractivity contribution >= 4 is 26.8 Å². The maximum atomic E-state index is 12.9. The van der Waals surface area contributed by atoms with Crippen LogP contribution < -0.4 is 5.54 Å². The normalized spacial score (nSPS) is 12.9. The van der Waals surface area contributed by atoms with E-state index < -0.39 is 21.8 Å². The lowest BCUT2D eigenvalue weighted by atomic mass is 10.00. The number of nitrogens with zero attached hydrogens (tertiary/aromatic N) is 1. The summed E-state index contributed by atoms with van der Waals surface area (Å²) < 4.78 is 39.2. The summed E-state index contributed by atoms with van der Waals surface area (Å²) in [7, 11) is -3.69. The molecule has 0 saturated heterocycles. The van der Waals surface area contributed by atoms with E-state index >= 15 is 0 Å². The molecule has 1 heterocycles. The number of rotatable bonds is 5. The topological polar surface area (TPSA) is 68.2 Å². The summed E-state index contributed by atoms with van der Waals surface area (Å²) in [4.78, 5) is 11.5. The van der Waals surface area contributed by atoms with Gasteiger partial charge in [-0.15, -0.1) is 4.48 Å². The zero-order valence-corrected chi connectivity index (χ0v) is 15.3. The van der Waals surface area contributed by atoms with Crippen LogP contribution in [0.5, 0.6) is 0 Å². The zero-order chi connectivity index (χ0) is 18.9. The zero-order valence-electron chi connectivity index (χ0n) is 14.4. The fourth-order valence-electron chi connectivity index (χ4n) is 2.87. The first-order valence-electron chi connectivity index (χ1n) is 8.15. The van der Waals surface area contributed by atoms with Crippen LogP contribution in [0.25, 0.3) is 10.9 Å². The minimum absolute atomic E-state index is 0.220. The number of carbonyl (C=O) groups excluding carboxylic acids is 1. The number of aryl methyl sites for hydroxylation is 1. The summed E-state index contributed by atoms with van der Waals surface area (Å²) in [5, 5.41) is 0.742. The Morgan fingerprint density at radius 1 is 1.15 bits per heavy atom. The highest BCUT2D eigenvalue weighted by molar-refractivity contribution is 7.90. The molecule has 0 saturated carbocycles. The lowest BCUT2D eigenvalue weighted by molar-refractivity contribution is -0.128. The number of carbonyl (C=O) groups is 1. The van der Waals surface area contributed by atoms with Crippen LogP contribution in [-0.4, -0.2) is 18.3 Å². The predicted molar refractivity (Wildman–Crippen MR) is 97.8 cm³/mol. The van der Waals surface area contributed by atoms with E-state index in [1.807, 2.05) is 13.0 Å². The van der Waals surface area contributed by atoms with Gasteiger partial charge in [0.15, 0.2) is 0 Å². The van der Waals surface area contributed by atoms with E-state index in [0.29, 0.717) is 11.9 Å². The van der Waals surface area contributed by atoms with Crippen molar-refractivity contribution < 1.29 is 17.7 Å². The van der Waals surface area contributed by atoms with Gasteiger partial charge in [-0.3, -0.25) is 4.79 Å². The van der Waals surface area contributed by atoms with Gasteiger partial charge in [-0.2, -0.15) is 5.54 Å². The highest BCUT2D eigenvalue weighted by atomic mass is 32.2. The van der Waals surface area contributed by atoms with E-state index in [2.05, 4.69) is 0 Å². The second-order valence-corrected chi connectivity index (χ2v) is 8.20. The number of amides is 1. The molecule has 1 N–H and O–H groups in total. The Morgan fingerprint density at radius 2 is 1.85 bits per heavy atom. The van der Waals surface area contributed by atoms with Crippen molar-refractivity contribution in [3.8, 4) is 0 Å². The lowest BCUT2D eigenvalue weighted by Gasteiger charge is -2.10. The summed E-state index contributed by atoms with van der Waals surface area (Å²) in [6.45, 7) is 3.53. The van der Waals surface area contributed by atoms with Crippen LogP contribution in [0.1, 0.15) is 18.1 Å². The average Bonchev–Trinajstić information content (AvgIpc) is 3.05. The molecule has 7 heteroatoms. The smallest absolute Gasteiger partial charge is 0.268 e. The monoisotopic (exact) mass is 374 g/mol. The maximum absolute atomic E-state index is 12.9. The molecule has 0 fully saturated rings. The summed E-state index contributed by atoms with van der Waals surface area (Å²) in [5.74, 6) is -1.19. The Morgan fingerprint density at radius 3 is 2.50 bits per heavy atom. The Balaban J connectivity index is 1.97. The van der Waals surface area contributed by atoms with E-state index in [-0.39, 0.29) is 4.90 Å². The van der Waals surface area contributed by atoms with Crippen LogP contribution in [0.3, 0.4) is 0 Å².